The van der Waals surface area contributed by atoms with E-state index in [1.165, 1.54) is 30.5 Å². The van der Waals surface area contributed by atoms with Gasteiger partial charge in [0, 0.05) is 11.6 Å². The van der Waals surface area contributed by atoms with Gasteiger partial charge in [0.05, 0.1) is 5.52 Å². The average molecular weight is 227 g/mol. The predicted molar refractivity (Wildman–Crippen MR) is 52.8 cm³/mol. The SMILES string of the molecule is O[C@@H](c1cccc2ncccc12)C(F)(F)F. The van der Waals surface area contributed by atoms with Gasteiger partial charge in [-0.2, -0.15) is 13.2 Å². The minimum atomic E-state index is -4.66. The van der Waals surface area contributed by atoms with Crippen molar-refractivity contribution in [3.8, 4) is 0 Å². The van der Waals surface area contributed by atoms with E-state index in [0.717, 1.165) is 0 Å². The van der Waals surface area contributed by atoms with Crippen LogP contribution < -0.4 is 0 Å². The van der Waals surface area contributed by atoms with Crippen molar-refractivity contribution in [1.29, 1.82) is 0 Å². The van der Waals surface area contributed by atoms with Gasteiger partial charge in [0.1, 0.15) is 0 Å². The average Bonchev–Trinajstić information content (AvgIpc) is 2.26. The molecule has 2 aromatic rings. The van der Waals surface area contributed by atoms with Gasteiger partial charge in [-0.05, 0) is 17.7 Å². The molecule has 1 aromatic heterocycles. The first kappa shape index (κ1) is 10.9. The number of aliphatic hydroxyl groups is 1. The van der Waals surface area contributed by atoms with E-state index in [-0.39, 0.29) is 5.56 Å². The maximum absolute atomic E-state index is 12.4. The van der Waals surface area contributed by atoms with Crippen LogP contribution in [0.4, 0.5) is 13.2 Å². The molecule has 0 aliphatic rings. The van der Waals surface area contributed by atoms with Gasteiger partial charge in [0.25, 0.3) is 0 Å². The maximum atomic E-state index is 12.4. The lowest BCUT2D eigenvalue weighted by Gasteiger charge is -2.16. The van der Waals surface area contributed by atoms with Crippen LogP contribution in [0.1, 0.15) is 11.7 Å². The van der Waals surface area contributed by atoms with Gasteiger partial charge >= 0.3 is 6.18 Å². The second kappa shape index (κ2) is 3.75. The van der Waals surface area contributed by atoms with Crippen molar-refractivity contribution in [3.05, 3.63) is 42.1 Å². The highest BCUT2D eigenvalue weighted by Crippen LogP contribution is 2.35. The number of benzene rings is 1. The molecule has 0 unspecified atom stereocenters. The van der Waals surface area contributed by atoms with Crippen LogP contribution in [0.25, 0.3) is 10.9 Å². The number of aromatic nitrogens is 1. The number of hydrogen-bond acceptors (Lipinski definition) is 2. The Kier molecular flexibility index (Phi) is 2.55. The number of rotatable bonds is 1. The molecule has 0 saturated carbocycles. The fourth-order valence-corrected chi connectivity index (χ4v) is 1.54. The molecule has 0 bridgehead atoms. The maximum Gasteiger partial charge on any atom is 0.418 e. The summed E-state index contributed by atoms with van der Waals surface area (Å²) in [6.45, 7) is 0. The Morgan fingerprint density at radius 1 is 1.12 bits per heavy atom. The van der Waals surface area contributed by atoms with Crippen LogP contribution in [0, 0.1) is 0 Å². The zero-order valence-electron chi connectivity index (χ0n) is 8.07. The van der Waals surface area contributed by atoms with Crippen molar-refractivity contribution in [2.24, 2.45) is 0 Å². The molecule has 5 heteroatoms. The topological polar surface area (TPSA) is 33.1 Å². The van der Waals surface area contributed by atoms with Crippen LogP contribution in [0.5, 0.6) is 0 Å². The lowest BCUT2D eigenvalue weighted by atomic mass is 10.0. The summed E-state index contributed by atoms with van der Waals surface area (Å²) < 4.78 is 37.2. The molecule has 2 nitrogen and oxygen atoms in total. The summed E-state index contributed by atoms with van der Waals surface area (Å²) in [7, 11) is 0. The quantitative estimate of drug-likeness (QED) is 0.812. The zero-order chi connectivity index (χ0) is 11.8. The van der Waals surface area contributed by atoms with Gasteiger partial charge in [-0.3, -0.25) is 4.98 Å². The molecule has 1 N–H and O–H groups in total. The minimum absolute atomic E-state index is 0.168. The van der Waals surface area contributed by atoms with Crippen LogP contribution in [-0.2, 0) is 0 Å². The molecule has 1 heterocycles. The number of nitrogens with zero attached hydrogens (tertiary/aromatic N) is 1. The van der Waals surface area contributed by atoms with Crippen LogP contribution in [-0.4, -0.2) is 16.3 Å². The molecule has 0 fully saturated rings. The van der Waals surface area contributed by atoms with Crippen molar-refractivity contribution in [3.63, 3.8) is 0 Å². The predicted octanol–water partition coefficient (Wildman–Crippen LogP) is 2.83. The van der Waals surface area contributed by atoms with Gasteiger partial charge in [-0.15, -0.1) is 0 Å². The van der Waals surface area contributed by atoms with Gasteiger partial charge in [-0.1, -0.05) is 18.2 Å². The molecule has 1 atom stereocenters. The summed E-state index contributed by atoms with van der Waals surface area (Å²) in [6, 6.07) is 7.34. The number of aliphatic hydroxyl groups excluding tert-OH is 1. The Labute approximate surface area is 89.4 Å². The number of halogens is 3. The van der Waals surface area contributed by atoms with Gasteiger partial charge in [0.15, 0.2) is 6.10 Å². The summed E-state index contributed by atoms with van der Waals surface area (Å²) in [4.78, 5) is 3.93. The third kappa shape index (κ3) is 1.86. The molecule has 0 aliphatic heterocycles. The molecular formula is C11H8F3NO. The Morgan fingerprint density at radius 2 is 1.88 bits per heavy atom. The summed E-state index contributed by atoms with van der Waals surface area (Å²) in [5, 5.41) is 9.52. The number of pyridine rings is 1. The number of hydrogen-bond donors (Lipinski definition) is 1. The highest BCUT2D eigenvalue weighted by atomic mass is 19.4. The summed E-state index contributed by atoms with van der Waals surface area (Å²) in [5.41, 5.74) is 0.265. The van der Waals surface area contributed by atoms with E-state index in [1.54, 1.807) is 6.07 Å². The molecule has 0 saturated heterocycles. The third-order valence-corrected chi connectivity index (χ3v) is 2.28. The van der Waals surface area contributed by atoms with Crippen LogP contribution in [0.2, 0.25) is 0 Å². The van der Waals surface area contributed by atoms with Gasteiger partial charge in [-0.25, -0.2) is 0 Å². The molecule has 16 heavy (non-hydrogen) atoms. The highest BCUT2D eigenvalue weighted by Gasteiger charge is 2.40. The van der Waals surface area contributed by atoms with Gasteiger partial charge < -0.3 is 5.11 Å². The van der Waals surface area contributed by atoms with E-state index in [1.807, 2.05) is 0 Å². The molecular weight excluding hydrogens is 219 g/mol. The normalized spacial score (nSPS) is 14.0. The Balaban J connectivity index is 2.61. The van der Waals surface area contributed by atoms with E-state index in [4.69, 9.17) is 0 Å². The van der Waals surface area contributed by atoms with Crippen LogP contribution in [0.15, 0.2) is 36.5 Å². The van der Waals surface area contributed by atoms with Crippen molar-refractivity contribution >= 4 is 10.9 Å². The standard InChI is InChI=1S/C11H8F3NO/c12-11(13,14)10(16)8-3-1-5-9-7(8)4-2-6-15-9/h1-6,10,16H/t10-/m0/s1. The van der Waals surface area contributed by atoms with Crippen molar-refractivity contribution in [2.45, 2.75) is 12.3 Å². The summed E-state index contributed by atoms with van der Waals surface area (Å²) in [6.07, 6.45) is -5.64. The first-order valence-electron chi connectivity index (χ1n) is 4.58. The fourth-order valence-electron chi connectivity index (χ4n) is 1.54. The second-order valence-corrected chi connectivity index (χ2v) is 3.36. The summed E-state index contributed by atoms with van der Waals surface area (Å²) >= 11 is 0. The largest absolute Gasteiger partial charge is 0.418 e. The van der Waals surface area contributed by atoms with E-state index in [2.05, 4.69) is 4.98 Å². The fraction of sp³-hybridized carbons (Fsp3) is 0.182. The number of alkyl halides is 3. The Hall–Kier alpha value is -1.62. The lowest BCUT2D eigenvalue weighted by molar-refractivity contribution is -0.206. The van der Waals surface area contributed by atoms with E-state index in [0.29, 0.717) is 10.9 Å². The summed E-state index contributed by atoms with van der Waals surface area (Å²) in [5.74, 6) is 0. The zero-order valence-corrected chi connectivity index (χ0v) is 8.07. The number of fused-ring (bicyclic) bond motifs is 1. The van der Waals surface area contributed by atoms with Crippen molar-refractivity contribution in [2.75, 3.05) is 0 Å². The molecule has 0 aliphatic carbocycles. The van der Waals surface area contributed by atoms with E-state index in [9.17, 15) is 18.3 Å². The highest BCUT2D eigenvalue weighted by molar-refractivity contribution is 5.82. The molecule has 1 aromatic carbocycles. The minimum Gasteiger partial charge on any atom is -0.379 e. The first-order chi connectivity index (χ1) is 7.50. The van der Waals surface area contributed by atoms with Gasteiger partial charge in [0.2, 0.25) is 0 Å². The first-order valence-corrected chi connectivity index (χ1v) is 4.58. The molecule has 0 spiro atoms. The lowest BCUT2D eigenvalue weighted by Crippen LogP contribution is -2.20. The van der Waals surface area contributed by atoms with E-state index >= 15 is 0 Å². The molecule has 0 radical (unpaired) electrons. The third-order valence-electron chi connectivity index (χ3n) is 2.28. The molecule has 2 rings (SSSR count). The Morgan fingerprint density at radius 3 is 2.56 bits per heavy atom. The van der Waals surface area contributed by atoms with Crippen molar-refractivity contribution < 1.29 is 18.3 Å². The molecule has 84 valence electrons. The van der Waals surface area contributed by atoms with E-state index < -0.39 is 12.3 Å². The Bertz CT molecular complexity index is 505. The molecule has 0 amide bonds. The second-order valence-electron chi connectivity index (χ2n) is 3.36. The monoisotopic (exact) mass is 227 g/mol. The van der Waals surface area contributed by atoms with Crippen LogP contribution >= 0.6 is 0 Å². The smallest absolute Gasteiger partial charge is 0.379 e. The van der Waals surface area contributed by atoms with Crippen molar-refractivity contribution in [1.82, 2.24) is 4.98 Å². The van der Waals surface area contributed by atoms with Crippen LogP contribution in [0.3, 0.4) is 0 Å².